The largest absolute Gasteiger partial charge is 0.494 e. The zero-order chi connectivity index (χ0) is 20.4. The Morgan fingerprint density at radius 2 is 2.14 bits per heavy atom. The summed E-state index contributed by atoms with van der Waals surface area (Å²) in [7, 11) is 5.63. The number of benzene rings is 1. The third-order valence-corrected chi connectivity index (χ3v) is 4.74. The zero-order valence-corrected chi connectivity index (χ0v) is 18.0. The number of likely N-dealkylation sites (N-methyl/N-ethyl adjacent to an activating group) is 1. The van der Waals surface area contributed by atoms with E-state index in [9.17, 15) is 0 Å². The SMILES string of the molecule is CCOc1cc2c(cc1CNC(=NC)NCCCN(C)CCOC)OC(C)C2. The fourth-order valence-electron chi connectivity index (χ4n) is 3.22. The summed E-state index contributed by atoms with van der Waals surface area (Å²) in [6.07, 6.45) is 2.20. The molecule has 1 aliphatic rings. The minimum Gasteiger partial charge on any atom is -0.494 e. The molecule has 1 atom stereocenters. The maximum atomic E-state index is 5.90. The third-order valence-electron chi connectivity index (χ3n) is 4.74. The number of methoxy groups -OCH3 is 1. The van der Waals surface area contributed by atoms with Crippen molar-refractivity contribution in [1.29, 1.82) is 0 Å². The van der Waals surface area contributed by atoms with E-state index in [1.807, 2.05) is 6.92 Å². The molecule has 7 nitrogen and oxygen atoms in total. The number of ether oxygens (including phenoxy) is 3. The molecule has 1 heterocycles. The van der Waals surface area contributed by atoms with Gasteiger partial charge >= 0.3 is 0 Å². The Hall–Kier alpha value is -1.99. The van der Waals surface area contributed by atoms with Crippen molar-refractivity contribution in [2.45, 2.75) is 39.3 Å². The fraction of sp³-hybridized carbons (Fsp3) is 0.667. The normalized spacial score (nSPS) is 16.1. The lowest BCUT2D eigenvalue weighted by Gasteiger charge is -2.17. The number of nitrogens with zero attached hydrogens (tertiary/aromatic N) is 2. The van der Waals surface area contributed by atoms with Crippen LogP contribution in [0.3, 0.4) is 0 Å². The third kappa shape index (κ3) is 6.87. The van der Waals surface area contributed by atoms with Gasteiger partial charge in [-0.2, -0.15) is 0 Å². The van der Waals surface area contributed by atoms with Crippen molar-refractivity contribution in [3.8, 4) is 11.5 Å². The summed E-state index contributed by atoms with van der Waals surface area (Å²) in [5, 5.41) is 6.75. The lowest BCUT2D eigenvalue weighted by atomic mass is 10.1. The van der Waals surface area contributed by atoms with E-state index in [1.54, 1.807) is 14.2 Å². The highest BCUT2D eigenvalue weighted by Gasteiger charge is 2.21. The fourth-order valence-corrected chi connectivity index (χ4v) is 3.22. The second-order valence-electron chi connectivity index (χ2n) is 7.14. The lowest BCUT2D eigenvalue weighted by molar-refractivity contribution is 0.161. The van der Waals surface area contributed by atoms with Crippen LogP contribution in [0.25, 0.3) is 0 Å². The standard InChI is InChI=1S/C21H36N4O3/c1-6-27-19-13-17-12-16(2)28-20(17)14-18(19)15-24-21(22-3)23-8-7-9-25(4)10-11-26-5/h13-14,16H,6-12,15H2,1-5H3,(H2,22,23,24). The van der Waals surface area contributed by atoms with Crippen molar-refractivity contribution < 1.29 is 14.2 Å². The van der Waals surface area contributed by atoms with Crippen molar-refractivity contribution in [3.63, 3.8) is 0 Å². The number of aliphatic imine (C=N–C) groups is 1. The van der Waals surface area contributed by atoms with Gasteiger partial charge < -0.3 is 29.7 Å². The molecule has 1 aromatic rings. The second-order valence-corrected chi connectivity index (χ2v) is 7.14. The first-order chi connectivity index (χ1) is 13.6. The number of guanidine groups is 1. The summed E-state index contributed by atoms with van der Waals surface area (Å²) in [5.41, 5.74) is 2.30. The molecule has 2 N–H and O–H groups in total. The van der Waals surface area contributed by atoms with Crippen molar-refractivity contribution in [2.24, 2.45) is 4.99 Å². The molecule has 1 aromatic carbocycles. The molecule has 1 unspecified atom stereocenters. The van der Waals surface area contributed by atoms with Gasteiger partial charge in [0.1, 0.15) is 17.6 Å². The van der Waals surface area contributed by atoms with Gasteiger partial charge in [-0.25, -0.2) is 0 Å². The zero-order valence-electron chi connectivity index (χ0n) is 18.0. The molecule has 2 rings (SSSR count). The van der Waals surface area contributed by atoms with E-state index in [0.29, 0.717) is 13.2 Å². The summed E-state index contributed by atoms with van der Waals surface area (Å²) < 4.78 is 16.9. The molecule has 158 valence electrons. The van der Waals surface area contributed by atoms with E-state index in [2.05, 4.69) is 46.6 Å². The van der Waals surface area contributed by atoms with Crippen LogP contribution in [0.2, 0.25) is 0 Å². The molecule has 28 heavy (non-hydrogen) atoms. The van der Waals surface area contributed by atoms with Crippen LogP contribution in [0, 0.1) is 0 Å². The summed E-state index contributed by atoms with van der Waals surface area (Å²) in [5.74, 6) is 2.67. The van der Waals surface area contributed by atoms with Crippen LogP contribution in [-0.4, -0.2) is 71.0 Å². The van der Waals surface area contributed by atoms with E-state index in [1.165, 1.54) is 5.56 Å². The maximum Gasteiger partial charge on any atom is 0.191 e. The first-order valence-corrected chi connectivity index (χ1v) is 10.1. The Labute approximate surface area is 169 Å². The highest BCUT2D eigenvalue weighted by Crippen LogP contribution is 2.35. The molecular weight excluding hydrogens is 356 g/mol. The van der Waals surface area contributed by atoms with Crippen molar-refractivity contribution in [1.82, 2.24) is 15.5 Å². The van der Waals surface area contributed by atoms with Crippen LogP contribution in [-0.2, 0) is 17.7 Å². The van der Waals surface area contributed by atoms with Crippen LogP contribution in [0.4, 0.5) is 0 Å². The van der Waals surface area contributed by atoms with Crippen LogP contribution >= 0.6 is 0 Å². The Morgan fingerprint density at radius 1 is 1.32 bits per heavy atom. The minimum absolute atomic E-state index is 0.226. The quantitative estimate of drug-likeness (QED) is 0.341. The smallest absolute Gasteiger partial charge is 0.191 e. The minimum atomic E-state index is 0.226. The molecular formula is C21H36N4O3. The summed E-state index contributed by atoms with van der Waals surface area (Å²) >= 11 is 0. The monoisotopic (exact) mass is 392 g/mol. The van der Waals surface area contributed by atoms with E-state index in [-0.39, 0.29) is 6.10 Å². The topological polar surface area (TPSA) is 67.4 Å². The predicted molar refractivity (Wildman–Crippen MR) is 114 cm³/mol. The van der Waals surface area contributed by atoms with Gasteiger partial charge in [0.2, 0.25) is 0 Å². The van der Waals surface area contributed by atoms with Gasteiger partial charge in [0.25, 0.3) is 0 Å². The highest BCUT2D eigenvalue weighted by atomic mass is 16.5. The summed E-state index contributed by atoms with van der Waals surface area (Å²) in [4.78, 5) is 6.58. The van der Waals surface area contributed by atoms with E-state index < -0.39 is 0 Å². The van der Waals surface area contributed by atoms with Gasteiger partial charge in [-0.3, -0.25) is 4.99 Å². The first-order valence-electron chi connectivity index (χ1n) is 10.1. The average Bonchev–Trinajstić information content (AvgIpc) is 3.04. The van der Waals surface area contributed by atoms with Gasteiger partial charge in [-0.15, -0.1) is 0 Å². The van der Waals surface area contributed by atoms with E-state index in [0.717, 1.165) is 62.1 Å². The number of nitrogens with one attached hydrogen (secondary N) is 2. The van der Waals surface area contributed by atoms with Crippen molar-refractivity contribution >= 4 is 5.96 Å². The second kappa shape index (κ2) is 11.8. The Morgan fingerprint density at radius 3 is 2.86 bits per heavy atom. The molecule has 0 amide bonds. The van der Waals surface area contributed by atoms with Gasteiger partial charge in [0.05, 0.1) is 13.2 Å². The first kappa shape index (κ1) is 22.3. The molecule has 0 bridgehead atoms. The Kier molecular flexibility index (Phi) is 9.37. The number of hydrogen-bond acceptors (Lipinski definition) is 5. The van der Waals surface area contributed by atoms with Crippen LogP contribution in [0.15, 0.2) is 17.1 Å². The van der Waals surface area contributed by atoms with Gasteiger partial charge in [-0.05, 0) is 46.0 Å². The van der Waals surface area contributed by atoms with Crippen LogP contribution < -0.4 is 20.1 Å². The maximum absolute atomic E-state index is 5.90. The van der Waals surface area contributed by atoms with Crippen LogP contribution in [0.1, 0.15) is 31.4 Å². The molecule has 0 fully saturated rings. The highest BCUT2D eigenvalue weighted by molar-refractivity contribution is 5.79. The number of fused-ring (bicyclic) bond motifs is 1. The molecule has 0 radical (unpaired) electrons. The number of rotatable bonds is 11. The summed E-state index contributed by atoms with van der Waals surface area (Å²) in [6, 6.07) is 4.21. The van der Waals surface area contributed by atoms with Gasteiger partial charge in [0, 0.05) is 51.3 Å². The Bertz CT molecular complexity index is 636. The van der Waals surface area contributed by atoms with Crippen LogP contribution in [0.5, 0.6) is 11.5 Å². The lowest BCUT2D eigenvalue weighted by Crippen LogP contribution is -2.38. The van der Waals surface area contributed by atoms with E-state index in [4.69, 9.17) is 14.2 Å². The van der Waals surface area contributed by atoms with Gasteiger partial charge in [-0.1, -0.05) is 0 Å². The molecule has 0 saturated heterocycles. The molecule has 0 spiro atoms. The van der Waals surface area contributed by atoms with Crippen molar-refractivity contribution in [2.75, 3.05) is 54.1 Å². The molecule has 0 saturated carbocycles. The molecule has 7 heteroatoms. The van der Waals surface area contributed by atoms with Crippen molar-refractivity contribution in [3.05, 3.63) is 23.3 Å². The molecule has 0 aromatic heterocycles. The summed E-state index contributed by atoms with van der Waals surface area (Å²) in [6.45, 7) is 8.97. The van der Waals surface area contributed by atoms with E-state index >= 15 is 0 Å². The number of hydrogen-bond donors (Lipinski definition) is 2. The molecule has 1 aliphatic heterocycles. The average molecular weight is 393 g/mol. The Balaban J connectivity index is 1.83. The molecule has 0 aliphatic carbocycles. The predicted octanol–water partition coefficient (Wildman–Crippen LogP) is 2.04. The van der Waals surface area contributed by atoms with Gasteiger partial charge in [0.15, 0.2) is 5.96 Å².